The average Bonchev–Trinajstić information content (AvgIpc) is 2.46. The molecule has 1 atom stereocenters. The predicted octanol–water partition coefficient (Wildman–Crippen LogP) is 3.36. The summed E-state index contributed by atoms with van der Waals surface area (Å²) in [5.41, 5.74) is 1.52. The molecule has 0 saturated carbocycles. The summed E-state index contributed by atoms with van der Waals surface area (Å²) in [5, 5.41) is 3.12. The van der Waals surface area contributed by atoms with Crippen molar-refractivity contribution in [2.75, 3.05) is 25.5 Å². The summed E-state index contributed by atoms with van der Waals surface area (Å²) >= 11 is 0. The molecule has 0 fully saturated rings. The second-order valence-electron chi connectivity index (χ2n) is 4.72. The Morgan fingerprint density at radius 2 is 1.70 bits per heavy atom. The first-order valence-electron chi connectivity index (χ1n) is 6.50. The first-order chi connectivity index (χ1) is 9.61. The molecule has 1 N–H and O–H groups in total. The fourth-order valence-corrected chi connectivity index (χ4v) is 2.18. The van der Waals surface area contributed by atoms with Gasteiger partial charge in [0.1, 0.15) is 11.6 Å². The summed E-state index contributed by atoms with van der Waals surface area (Å²) in [7, 11) is 3.70. The highest BCUT2D eigenvalue weighted by Gasteiger charge is 2.15. The van der Waals surface area contributed by atoms with E-state index < -0.39 is 0 Å². The minimum absolute atomic E-state index is 0.133. The van der Waals surface area contributed by atoms with Crippen LogP contribution in [0.1, 0.15) is 11.6 Å². The molecular formula is C16H18F2N2. The van der Waals surface area contributed by atoms with Crippen LogP contribution in [0.25, 0.3) is 0 Å². The molecule has 20 heavy (non-hydrogen) atoms. The van der Waals surface area contributed by atoms with E-state index in [1.165, 1.54) is 18.2 Å². The number of benzene rings is 2. The number of hydrogen-bond acceptors (Lipinski definition) is 2. The van der Waals surface area contributed by atoms with Gasteiger partial charge in [0.05, 0.1) is 6.04 Å². The van der Waals surface area contributed by atoms with Gasteiger partial charge in [-0.1, -0.05) is 18.2 Å². The van der Waals surface area contributed by atoms with E-state index in [1.54, 1.807) is 31.3 Å². The van der Waals surface area contributed by atoms with Crippen LogP contribution in [-0.4, -0.2) is 20.6 Å². The van der Waals surface area contributed by atoms with Crippen LogP contribution < -0.4 is 10.2 Å². The van der Waals surface area contributed by atoms with Crippen LogP contribution in [0.3, 0.4) is 0 Å². The van der Waals surface area contributed by atoms with E-state index in [1.807, 2.05) is 18.0 Å². The number of anilines is 1. The first kappa shape index (κ1) is 14.5. The van der Waals surface area contributed by atoms with Gasteiger partial charge in [0.25, 0.3) is 0 Å². The van der Waals surface area contributed by atoms with Crippen molar-refractivity contribution < 1.29 is 8.78 Å². The van der Waals surface area contributed by atoms with Crippen molar-refractivity contribution >= 4 is 5.69 Å². The third kappa shape index (κ3) is 3.33. The molecule has 0 bridgehead atoms. The molecule has 4 heteroatoms. The minimum Gasteiger partial charge on any atom is -0.373 e. The third-order valence-corrected chi connectivity index (χ3v) is 3.35. The lowest BCUT2D eigenvalue weighted by Gasteiger charge is -2.26. The van der Waals surface area contributed by atoms with Gasteiger partial charge in [-0.2, -0.15) is 0 Å². The van der Waals surface area contributed by atoms with Crippen LogP contribution in [0.4, 0.5) is 14.5 Å². The molecule has 1 unspecified atom stereocenters. The second kappa shape index (κ2) is 6.48. The van der Waals surface area contributed by atoms with Gasteiger partial charge >= 0.3 is 0 Å². The van der Waals surface area contributed by atoms with Gasteiger partial charge in [-0.3, -0.25) is 0 Å². The van der Waals surface area contributed by atoms with E-state index >= 15 is 0 Å². The lowest BCUT2D eigenvalue weighted by molar-refractivity contribution is 0.534. The van der Waals surface area contributed by atoms with Gasteiger partial charge in [0.2, 0.25) is 0 Å². The fourth-order valence-electron chi connectivity index (χ4n) is 2.18. The Bertz CT molecular complexity index is 555. The van der Waals surface area contributed by atoms with E-state index in [9.17, 15) is 8.78 Å². The largest absolute Gasteiger partial charge is 0.373 e. The molecule has 2 aromatic rings. The summed E-state index contributed by atoms with van der Waals surface area (Å²) in [5.74, 6) is -0.485. The number of halogens is 2. The quantitative estimate of drug-likeness (QED) is 0.901. The predicted molar refractivity (Wildman–Crippen MR) is 77.9 cm³/mol. The van der Waals surface area contributed by atoms with Gasteiger partial charge in [-0.15, -0.1) is 0 Å². The molecule has 0 aliphatic carbocycles. The number of hydrogen-bond donors (Lipinski definition) is 1. The summed E-state index contributed by atoms with van der Waals surface area (Å²) in [6.45, 7) is 0.586. The number of nitrogens with one attached hydrogen (secondary N) is 1. The molecule has 0 heterocycles. The molecule has 2 aromatic carbocycles. The number of nitrogens with zero attached hydrogens (tertiary/aromatic N) is 1. The summed E-state index contributed by atoms with van der Waals surface area (Å²) in [6, 6.07) is 12.9. The van der Waals surface area contributed by atoms with Crippen molar-refractivity contribution in [3.63, 3.8) is 0 Å². The summed E-state index contributed by atoms with van der Waals surface area (Å²) in [4.78, 5) is 1.97. The molecule has 0 aromatic heterocycles. The van der Waals surface area contributed by atoms with Crippen LogP contribution in [-0.2, 0) is 0 Å². The van der Waals surface area contributed by atoms with E-state index in [2.05, 4.69) is 5.32 Å². The molecule has 0 saturated heterocycles. The molecule has 106 valence electrons. The SMILES string of the molecule is CNC(CN(C)c1ccc(F)cc1)c1ccccc1F. The Kier molecular flexibility index (Phi) is 4.69. The summed E-state index contributed by atoms with van der Waals surface area (Å²) < 4.78 is 26.7. The maximum Gasteiger partial charge on any atom is 0.128 e. The van der Waals surface area contributed by atoms with Gasteiger partial charge in [-0.25, -0.2) is 8.78 Å². The molecule has 0 aliphatic heterocycles. The van der Waals surface area contributed by atoms with Crippen molar-refractivity contribution in [2.24, 2.45) is 0 Å². The zero-order valence-electron chi connectivity index (χ0n) is 11.6. The van der Waals surface area contributed by atoms with Gasteiger partial charge in [-0.05, 0) is 37.4 Å². The van der Waals surface area contributed by atoms with Gasteiger partial charge in [0, 0.05) is 24.8 Å². The lowest BCUT2D eigenvalue weighted by atomic mass is 10.1. The van der Waals surface area contributed by atoms with Crippen molar-refractivity contribution in [3.8, 4) is 0 Å². The van der Waals surface area contributed by atoms with Crippen LogP contribution in [0.5, 0.6) is 0 Å². The highest BCUT2D eigenvalue weighted by Crippen LogP contribution is 2.20. The fraction of sp³-hybridized carbons (Fsp3) is 0.250. The molecule has 0 aliphatic rings. The highest BCUT2D eigenvalue weighted by molar-refractivity contribution is 5.46. The lowest BCUT2D eigenvalue weighted by Crippen LogP contribution is -2.31. The Hall–Kier alpha value is -1.94. The zero-order chi connectivity index (χ0) is 14.5. The normalized spacial score (nSPS) is 12.2. The summed E-state index contributed by atoms with van der Waals surface area (Å²) in [6.07, 6.45) is 0. The number of likely N-dealkylation sites (N-methyl/N-ethyl adjacent to an activating group) is 2. The Morgan fingerprint density at radius 1 is 1.05 bits per heavy atom. The standard InChI is InChI=1S/C16H18F2N2/c1-19-16(14-5-3-4-6-15(14)18)11-20(2)13-9-7-12(17)8-10-13/h3-10,16,19H,11H2,1-2H3. The Balaban J connectivity index is 2.14. The molecule has 2 rings (SSSR count). The van der Waals surface area contributed by atoms with E-state index in [0.29, 0.717) is 12.1 Å². The van der Waals surface area contributed by atoms with Crippen molar-refractivity contribution in [1.82, 2.24) is 5.32 Å². The van der Waals surface area contributed by atoms with Crippen LogP contribution in [0.15, 0.2) is 48.5 Å². The van der Waals surface area contributed by atoms with Crippen LogP contribution in [0.2, 0.25) is 0 Å². The van der Waals surface area contributed by atoms with E-state index in [0.717, 1.165) is 5.69 Å². The third-order valence-electron chi connectivity index (χ3n) is 3.35. The monoisotopic (exact) mass is 276 g/mol. The van der Waals surface area contributed by atoms with Gasteiger partial charge in [0.15, 0.2) is 0 Å². The second-order valence-corrected chi connectivity index (χ2v) is 4.72. The Labute approximate surface area is 118 Å². The topological polar surface area (TPSA) is 15.3 Å². The van der Waals surface area contributed by atoms with Crippen LogP contribution in [0, 0.1) is 11.6 Å². The average molecular weight is 276 g/mol. The molecule has 0 spiro atoms. The molecule has 0 amide bonds. The van der Waals surface area contributed by atoms with Gasteiger partial charge < -0.3 is 10.2 Å². The van der Waals surface area contributed by atoms with E-state index in [-0.39, 0.29) is 17.7 Å². The maximum absolute atomic E-state index is 13.8. The minimum atomic E-state index is -0.263. The highest BCUT2D eigenvalue weighted by atomic mass is 19.1. The zero-order valence-corrected chi connectivity index (χ0v) is 11.6. The number of rotatable bonds is 5. The van der Waals surface area contributed by atoms with Crippen LogP contribution >= 0.6 is 0 Å². The van der Waals surface area contributed by atoms with Crippen molar-refractivity contribution in [3.05, 3.63) is 65.7 Å². The first-order valence-corrected chi connectivity index (χ1v) is 6.50. The van der Waals surface area contributed by atoms with Crippen molar-refractivity contribution in [2.45, 2.75) is 6.04 Å². The maximum atomic E-state index is 13.8. The molecule has 0 radical (unpaired) electrons. The molecule has 2 nitrogen and oxygen atoms in total. The molecular weight excluding hydrogens is 258 g/mol. The van der Waals surface area contributed by atoms with E-state index in [4.69, 9.17) is 0 Å². The van der Waals surface area contributed by atoms with Crippen molar-refractivity contribution in [1.29, 1.82) is 0 Å². The smallest absolute Gasteiger partial charge is 0.128 e. The Morgan fingerprint density at radius 3 is 2.30 bits per heavy atom.